The molecule has 1 unspecified atom stereocenters. The molecule has 0 saturated carbocycles. The monoisotopic (exact) mass is 277 g/mol. The second-order valence-electron chi connectivity index (χ2n) is 3.92. The van der Waals surface area contributed by atoms with Crippen molar-refractivity contribution < 1.29 is 9.53 Å². The van der Waals surface area contributed by atoms with Crippen LogP contribution in [0, 0.1) is 0 Å². The average molecular weight is 277 g/mol. The molecule has 0 saturated heterocycles. The van der Waals surface area contributed by atoms with Gasteiger partial charge in [0.1, 0.15) is 6.04 Å². The number of nitrogens with one attached hydrogen (secondary N) is 1. The van der Waals surface area contributed by atoms with Crippen LogP contribution in [-0.2, 0) is 11.3 Å². The number of amides is 1. The number of ether oxygens (including phenoxy) is 1. The van der Waals surface area contributed by atoms with Gasteiger partial charge in [0.2, 0.25) is 11.8 Å². The molecule has 2 aromatic rings. The summed E-state index contributed by atoms with van der Waals surface area (Å²) in [4.78, 5) is 16.7. The Morgan fingerprint density at radius 3 is 3.11 bits per heavy atom. The van der Waals surface area contributed by atoms with Crippen LogP contribution in [0.3, 0.4) is 0 Å². The zero-order valence-corrected chi connectivity index (χ0v) is 11.3. The van der Waals surface area contributed by atoms with Gasteiger partial charge >= 0.3 is 0 Å². The fourth-order valence-electron chi connectivity index (χ4n) is 1.57. The standard InChI is InChI=1S/C13H15N3O2S/c1-18-11-7-9(4-5-15-11)8-16-13(17)12(14)10-3-2-6-19-10/h2-7,12H,8,14H2,1H3,(H,16,17). The maximum absolute atomic E-state index is 11.9. The summed E-state index contributed by atoms with van der Waals surface area (Å²) in [7, 11) is 1.55. The van der Waals surface area contributed by atoms with Crippen molar-refractivity contribution in [2.24, 2.45) is 5.73 Å². The third-order valence-electron chi connectivity index (χ3n) is 2.61. The van der Waals surface area contributed by atoms with Gasteiger partial charge in [-0.25, -0.2) is 4.98 Å². The van der Waals surface area contributed by atoms with Crippen LogP contribution in [0.4, 0.5) is 0 Å². The number of hydrogen-bond acceptors (Lipinski definition) is 5. The van der Waals surface area contributed by atoms with E-state index >= 15 is 0 Å². The molecular formula is C13H15N3O2S. The average Bonchev–Trinajstić information content (AvgIpc) is 2.98. The van der Waals surface area contributed by atoms with E-state index < -0.39 is 6.04 Å². The minimum absolute atomic E-state index is 0.196. The molecular weight excluding hydrogens is 262 g/mol. The summed E-state index contributed by atoms with van der Waals surface area (Å²) in [6, 6.07) is 6.70. The number of thiophene rings is 1. The van der Waals surface area contributed by atoms with Gasteiger partial charge in [0.05, 0.1) is 7.11 Å². The summed E-state index contributed by atoms with van der Waals surface area (Å²) in [5.74, 6) is 0.326. The molecule has 0 bridgehead atoms. The first kappa shape index (κ1) is 13.5. The number of carbonyl (C=O) groups is 1. The van der Waals surface area contributed by atoms with Crippen LogP contribution < -0.4 is 15.8 Å². The van der Waals surface area contributed by atoms with Gasteiger partial charge in [-0.2, -0.15) is 0 Å². The van der Waals surface area contributed by atoms with E-state index in [2.05, 4.69) is 10.3 Å². The minimum Gasteiger partial charge on any atom is -0.481 e. The highest BCUT2D eigenvalue weighted by Gasteiger charge is 2.16. The number of pyridine rings is 1. The van der Waals surface area contributed by atoms with Gasteiger partial charge in [0.25, 0.3) is 0 Å². The molecule has 1 atom stereocenters. The molecule has 2 heterocycles. The fraction of sp³-hybridized carbons (Fsp3) is 0.231. The molecule has 2 rings (SSSR count). The van der Waals surface area contributed by atoms with Crippen LogP contribution in [0.25, 0.3) is 0 Å². The number of aromatic nitrogens is 1. The van der Waals surface area contributed by atoms with Gasteiger partial charge < -0.3 is 15.8 Å². The summed E-state index contributed by atoms with van der Waals surface area (Å²) >= 11 is 1.47. The lowest BCUT2D eigenvalue weighted by molar-refractivity contribution is -0.122. The summed E-state index contributed by atoms with van der Waals surface area (Å²) < 4.78 is 5.02. The highest BCUT2D eigenvalue weighted by atomic mass is 32.1. The quantitative estimate of drug-likeness (QED) is 0.867. The van der Waals surface area contributed by atoms with Gasteiger partial charge in [-0.15, -0.1) is 11.3 Å². The van der Waals surface area contributed by atoms with Gasteiger partial charge in [0.15, 0.2) is 0 Å². The zero-order valence-electron chi connectivity index (χ0n) is 10.5. The predicted molar refractivity (Wildman–Crippen MR) is 73.9 cm³/mol. The second-order valence-corrected chi connectivity index (χ2v) is 4.90. The summed E-state index contributed by atoms with van der Waals surface area (Å²) in [6.07, 6.45) is 1.64. The lowest BCUT2D eigenvalue weighted by Gasteiger charge is -2.11. The van der Waals surface area contributed by atoms with Crippen molar-refractivity contribution in [1.82, 2.24) is 10.3 Å². The van der Waals surface area contributed by atoms with Crippen molar-refractivity contribution in [1.29, 1.82) is 0 Å². The van der Waals surface area contributed by atoms with E-state index in [-0.39, 0.29) is 5.91 Å². The van der Waals surface area contributed by atoms with Crippen LogP contribution in [0.5, 0.6) is 5.88 Å². The second kappa shape index (κ2) is 6.31. The Hall–Kier alpha value is -1.92. The maximum atomic E-state index is 11.9. The van der Waals surface area contributed by atoms with Crippen molar-refractivity contribution in [3.05, 3.63) is 46.3 Å². The van der Waals surface area contributed by atoms with Crippen molar-refractivity contribution in [3.8, 4) is 5.88 Å². The third kappa shape index (κ3) is 3.52. The predicted octanol–water partition coefficient (Wildman–Crippen LogP) is 1.47. The van der Waals surface area contributed by atoms with Crippen molar-refractivity contribution in [2.45, 2.75) is 12.6 Å². The first-order valence-corrected chi connectivity index (χ1v) is 6.64. The van der Waals surface area contributed by atoms with Crippen LogP contribution in [0.15, 0.2) is 35.8 Å². The topological polar surface area (TPSA) is 77.2 Å². The van der Waals surface area contributed by atoms with E-state index in [4.69, 9.17) is 10.5 Å². The number of carbonyl (C=O) groups excluding carboxylic acids is 1. The Morgan fingerprint density at radius 1 is 1.58 bits per heavy atom. The van der Waals surface area contributed by atoms with Gasteiger partial charge in [-0.3, -0.25) is 4.79 Å². The minimum atomic E-state index is -0.622. The van der Waals surface area contributed by atoms with Crippen LogP contribution in [0.1, 0.15) is 16.5 Å². The first-order valence-electron chi connectivity index (χ1n) is 5.76. The zero-order chi connectivity index (χ0) is 13.7. The fourth-order valence-corrected chi connectivity index (χ4v) is 2.29. The van der Waals surface area contributed by atoms with E-state index in [1.165, 1.54) is 11.3 Å². The van der Waals surface area contributed by atoms with Gasteiger partial charge in [-0.1, -0.05) is 6.07 Å². The van der Waals surface area contributed by atoms with Crippen molar-refractivity contribution in [2.75, 3.05) is 7.11 Å². The molecule has 0 aliphatic carbocycles. The van der Waals surface area contributed by atoms with Crippen LogP contribution >= 0.6 is 11.3 Å². The van der Waals surface area contributed by atoms with Crippen molar-refractivity contribution >= 4 is 17.2 Å². The highest BCUT2D eigenvalue weighted by molar-refractivity contribution is 7.10. The summed E-state index contributed by atoms with van der Waals surface area (Å²) in [6.45, 7) is 0.400. The van der Waals surface area contributed by atoms with Gasteiger partial charge in [0, 0.05) is 23.7 Å². The smallest absolute Gasteiger partial charge is 0.242 e. The number of nitrogens with zero attached hydrogens (tertiary/aromatic N) is 1. The molecule has 3 N–H and O–H groups in total. The molecule has 6 heteroatoms. The third-order valence-corrected chi connectivity index (χ3v) is 3.56. The van der Waals surface area contributed by atoms with Gasteiger partial charge in [-0.05, 0) is 23.1 Å². The first-order chi connectivity index (χ1) is 9.20. The van der Waals surface area contributed by atoms with E-state index in [1.807, 2.05) is 23.6 Å². The molecule has 0 aromatic carbocycles. The van der Waals surface area contributed by atoms with Crippen molar-refractivity contribution in [3.63, 3.8) is 0 Å². The van der Waals surface area contributed by atoms with E-state index in [0.29, 0.717) is 12.4 Å². The molecule has 0 aliphatic heterocycles. The molecule has 0 fully saturated rings. The Kier molecular flexibility index (Phi) is 4.48. The Balaban J connectivity index is 1.93. The lowest BCUT2D eigenvalue weighted by atomic mass is 10.2. The SMILES string of the molecule is COc1cc(CNC(=O)C(N)c2cccs2)ccn1. The normalized spacial score (nSPS) is 11.9. The molecule has 100 valence electrons. The molecule has 0 aliphatic rings. The van der Waals surface area contributed by atoms with E-state index in [0.717, 1.165) is 10.4 Å². The maximum Gasteiger partial charge on any atom is 0.242 e. The number of hydrogen-bond donors (Lipinski definition) is 2. The van der Waals surface area contributed by atoms with Crippen LogP contribution in [-0.4, -0.2) is 18.0 Å². The number of methoxy groups -OCH3 is 1. The molecule has 1 amide bonds. The largest absolute Gasteiger partial charge is 0.481 e. The van der Waals surface area contributed by atoms with Crippen LogP contribution in [0.2, 0.25) is 0 Å². The summed E-state index contributed by atoms with van der Waals surface area (Å²) in [5.41, 5.74) is 6.78. The van der Waals surface area contributed by atoms with E-state index in [9.17, 15) is 4.79 Å². The highest BCUT2D eigenvalue weighted by Crippen LogP contribution is 2.17. The Bertz CT molecular complexity index is 543. The molecule has 19 heavy (non-hydrogen) atoms. The molecule has 0 spiro atoms. The molecule has 2 aromatic heterocycles. The van der Waals surface area contributed by atoms with E-state index in [1.54, 1.807) is 19.4 Å². The summed E-state index contributed by atoms with van der Waals surface area (Å²) in [5, 5.41) is 4.70. The Morgan fingerprint density at radius 2 is 2.42 bits per heavy atom. The lowest BCUT2D eigenvalue weighted by Crippen LogP contribution is -2.33. The Labute approximate surface area is 115 Å². The number of rotatable bonds is 5. The molecule has 0 radical (unpaired) electrons. The number of nitrogens with two attached hydrogens (primary N) is 1. The molecule has 5 nitrogen and oxygen atoms in total.